The molecule has 5 nitrogen and oxygen atoms in total. The molecule has 2 aliphatic rings. The Morgan fingerprint density at radius 1 is 1.42 bits per heavy atom. The van der Waals surface area contributed by atoms with Gasteiger partial charge in [0, 0.05) is 37.7 Å². The lowest BCUT2D eigenvalue weighted by Gasteiger charge is -2.47. The van der Waals surface area contributed by atoms with Gasteiger partial charge in [-0.25, -0.2) is 4.39 Å². The van der Waals surface area contributed by atoms with Gasteiger partial charge in [0.25, 0.3) is 0 Å². The lowest BCUT2D eigenvalue weighted by molar-refractivity contribution is -0.117. The Labute approximate surface area is 142 Å². The number of likely N-dealkylation sites (tertiary alicyclic amines) is 1. The van der Waals surface area contributed by atoms with Crippen molar-refractivity contribution in [1.29, 1.82) is 0 Å². The normalized spacial score (nSPS) is 27.5. The predicted molar refractivity (Wildman–Crippen MR) is 92.0 cm³/mol. The molecule has 6 heteroatoms. The van der Waals surface area contributed by atoms with Crippen molar-refractivity contribution >= 4 is 17.3 Å². The van der Waals surface area contributed by atoms with Gasteiger partial charge in [-0.05, 0) is 37.5 Å². The second-order valence-electron chi connectivity index (χ2n) is 7.13. The number of fused-ring (bicyclic) bond motifs is 1. The molecule has 1 aliphatic carbocycles. The van der Waals surface area contributed by atoms with Crippen molar-refractivity contribution in [3.8, 4) is 0 Å². The molecule has 3 rings (SSSR count). The summed E-state index contributed by atoms with van der Waals surface area (Å²) < 4.78 is 13.6. The van der Waals surface area contributed by atoms with E-state index in [2.05, 4.69) is 10.2 Å². The number of nitrogens with zero attached hydrogens (tertiary/aromatic N) is 1. The van der Waals surface area contributed by atoms with Crippen molar-refractivity contribution in [2.45, 2.75) is 44.1 Å². The molecule has 4 N–H and O–H groups in total. The summed E-state index contributed by atoms with van der Waals surface area (Å²) in [5.74, 6) is -0.388. The van der Waals surface area contributed by atoms with Crippen LogP contribution >= 0.6 is 0 Å². The van der Waals surface area contributed by atoms with Crippen LogP contribution in [0.15, 0.2) is 18.2 Å². The number of carbonyl (C=O) groups is 1. The average molecular weight is 335 g/mol. The van der Waals surface area contributed by atoms with Gasteiger partial charge in [0.15, 0.2) is 0 Å². The number of hydrogen-bond acceptors (Lipinski definition) is 4. The number of hydrogen-bond donors (Lipinski definition) is 3. The number of piperidine rings is 1. The van der Waals surface area contributed by atoms with Gasteiger partial charge >= 0.3 is 0 Å². The number of anilines is 2. The fraction of sp³-hybridized carbons (Fsp3) is 0.611. The van der Waals surface area contributed by atoms with Gasteiger partial charge in [-0.3, -0.25) is 4.79 Å². The van der Waals surface area contributed by atoms with Crippen molar-refractivity contribution in [2.24, 2.45) is 5.92 Å². The molecule has 1 aromatic carbocycles. The lowest BCUT2D eigenvalue weighted by Crippen LogP contribution is -2.53. The Hall–Kier alpha value is -1.66. The van der Waals surface area contributed by atoms with Crippen LogP contribution < -0.4 is 11.1 Å². The van der Waals surface area contributed by atoms with Crippen LogP contribution in [0.1, 0.15) is 38.5 Å². The summed E-state index contributed by atoms with van der Waals surface area (Å²) in [5, 5.41) is 13.3. The van der Waals surface area contributed by atoms with Crippen molar-refractivity contribution < 1.29 is 14.3 Å². The molecule has 132 valence electrons. The zero-order valence-corrected chi connectivity index (χ0v) is 13.9. The first-order valence-electron chi connectivity index (χ1n) is 8.76. The first-order chi connectivity index (χ1) is 11.5. The molecular formula is C18H26FN3O2. The molecule has 2 unspecified atom stereocenters. The minimum Gasteiger partial charge on any atom is -0.399 e. The number of benzene rings is 1. The summed E-state index contributed by atoms with van der Waals surface area (Å²) in [7, 11) is 0. The maximum atomic E-state index is 13.6. The molecule has 1 heterocycles. The monoisotopic (exact) mass is 335 g/mol. The van der Waals surface area contributed by atoms with E-state index in [-0.39, 0.29) is 11.6 Å². The molecule has 1 aliphatic heterocycles. The molecule has 1 saturated carbocycles. The molecule has 0 spiro atoms. The molecule has 0 aromatic heterocycles. The van der Waals surface area contributed by atoms with E-state index in [0.29, 0.717) is 24.6 Å². The number of nitrogen functional groups attached to an aromatic ring is 1. The van der Waals surface area contributed by atoms with Gasteiger partial charge < -0.3 is 21.1 Å². The van der Waals surface area contributed by atoms with Crippen molar-refractivity contribution in [3.05, 3.63) is 24.0 Å². The third-order valence-corrected chi connectivity index (χ3v) is 5.43. The van der Waals surface area contributed by atoms with Gasteiger partial charge in [0.1, 0.15) is 5.82 Å². The fourth-order valence-corrected chi connectivity index (χ4v) is 3.95. The highest BCUT2D eigenvalue weighted by molar-refractivity contribution is 5.91. The smallest absolute Gasteiger partial charge is 0.225 e. The Morgan fingerprint density at radius 2 is 2.25 bits per heavy atom. The highest BCUT2D eigenvalue weighted by Crippen LogP contribution is 2.39. The molecule has 2 fully saturated rings. The van der Waals surface area contributed by atoms with Gasteiger partial charge in [-0.2, -0.15) is 0 Å². The molecule has 1 aromatic rings. The second kappa shape index (κ2) is 7.07. The fourth-order valence-electron chi connectivity index (χ4n) is 3.95. The standard InChI is InChI=1S/C18H26FN3O2/c19-15-5-4-14(20)11-16(15)21-17(23)6-9-22-10-8-18(24)7-2-1-3-13(18)12-22/h4-5,11,13,24H,1-3,6-10,12,20H2,(H,21,23). The number of nitrogens with two attached hydrogens (primary N) is 1. The van der Waals surface area contributed by atoms with Gasteiger partial charge in [-0.15, -0.1) is 0 Å². The zero-order valence-electron chi connectivity index (χ0n) is 13.9. The van der Waals surface area contributed by atoms with E-state index in [0.717, 1.165) is 38.8 Å². The molecule has 1 saturated heterocycles. The second-order valence-corrected chi connectivity index (χ2v) is 7.13. The summed E-state index contributed by atoms with van der Waals surface area (Å²) in [6.45, 7) is 2.28. The van der Waals surface area contributed by atoms with Gasteiger partial charge in [0.2, 0.25) is 5.91 Å². The number of halogens is 1. The van der Waals surface area contributed by atoms with Gasteiger partial charge in [0.05, 0.1) is 11.3 Å². The van der Waals surface area contributed by atoms with E-state index in [1.807, 2.05) is 0 Å². The summed E-state index contributed by atoms with van der Waals surface area (Å²) in [4.78, 5) is 14.3. The van der Waals surface area contributed by atoms with Crippen LogP contribution in [0.25, 0.3) is 0 Å². The van der Waals surface area contributed by atoms with E-state index in [4.69, 9.17) is 5.73 Å². The third-order valence-electron chi connectivity index (χ3n) is 5.43. The van der Waals surface area contributed by atoms with E-state index >= 15 is 0 Å². The van der Waals surface area contributed by atoms with Crippen molar-refractivity contribution in [1.82, 2.24) is 4.90 Å². The number of nitrogens with one attached hydrogen (secondary N) is 1. The molecule has 0 bridgehead atoms. The quantitative estimate of drug-likeness (QED) is 0.738. The minimum atomic E-state index is -0.498. The number of carbonyl (C=O) groups excluding carboxylic acids is 1. The first-order valence-corrected chi connectivity index (χ1v) is 8.76. The largest absolute Gasteiger partial charge is 0.399 e. The predicted octanol–water partition coefficient (Wildman–Crippen LogP) is 2.36. The van der Waals surface area contributed by atoms with Crippen LogP contribution in [0.2, 0.25) is 0 Å². The Balaban J connectivity index is 1.49. The Morgan fingerprint density at radius 3 is 3.08 bits per heavy atom. The van der Waals surface area contributed by atoms with E-state index in [9.17, 15) is 14.3 Å². The minimum absolute atomic E-state index is 0.125. The molecule has 0 radical (unpaired) electrons. The van der Waals surface area contributed by atoms with E-state index in [1.165, 1.54) is 24.6 Å². The van der Waals surface area contributed by atoms with Crippen LogP contribution in [-0.4, -0.2) is 41.1 Å². The van der Waals surface area contributed by atoms with E-state index in [1.54, 1.807) is 0 Å². The highest BCUT2D eigenvalue weighted by Gasteiger charge is 2.42. The summed E-state index contributed by atoms with van der Waals surface area (Å²) in [5.41, 5.74) is 5.66. The van der Waals surface area contributed by atoms with Crippen molar-refractivity contribution in [3.63, 3.8) is 0 Å². The third kappa shape index (κ3) is 3.87. The van der Waals surface area contributed by atoms with Crippen LogP contribution in [0.4, 0.5) is 15.8 Å². The summed E-state index contributed by atoms with van der Waals surface area (Å²) >= 11 is 0. The average Bonchev–Trinajstić information content (AvgIpc) is 2.56. The van der Waals surface area contributed by atoms with Crippen LogP contribution in [0.5, 0.6) is 0 Å². The SMILES string of the molecule is Nc1ccc(F)c(NC(=O)CCN2CCC3(O)CCCCC3C2)c1. The molecule has 2 atom stereocenters. The Bertz CT molecular complexity index is 610. The molecular weight excluding hydrogens is 309 g/mol. The van der Waals surface area contributed by atoms with Crippen molar-refractivity contribution in [2.75, 3.05) is 30.7 Å². The van der Waals surface area contributed by atoms with Crippen LogP contribution in [-0.2, 0) is 4.79 Å². The highest BCUT2D eigenvalue weighted by atomic mass is 19.1. The first kappa shape index (κ1) is 17.2. The topological polar surface area (TPSA) is 78.6 Å². The molecule has 24 heavy (non-hydrogen) atoms. The molecule has 1 amide bonds. The lowest BCUT2D eigenvalue weighted by atomic mass is 9.71. The van der Waals surface area contributed by atoms with Gasteiger partial charge in [-0.1, -0.05) is 12.8 Å². The number of aliphatic hydroxyl groups is 1. The van der Waals surface area contributed by atoms with E-state index < -0.39 is 11.4 Å². The number of amides is 1. The maximum absolute atomic E-state index is 13.6. The maximum Gasteiger partial charge on any atom is 0.225 e. The van der Waals surface area contributed by atoms with Crippen LogP contribution in [0, 0.1) is 11.7 Å². The number of rotatable bonds is 4. The zero-order chi connectivity index (χ0) is 17.2. The summed E-state index contributed by atoms with van der Waals surface area (Å²) in [6, 6.07) is 4.14. The Kier molecular flexibility index (Phi) is 5.06. The summed E-state index contributed by atoms with van der Waals surface area (Å²) in [6.07, 6.45) is 5.34. The van der Waals surface area contributed by atoms with Crippen LogP contribution in [0.3, 0.4) is 0 Å².